The number of benzene rings is 1. The van der Waals surface area contributed by atoms with E-state index in [0.29, 0.717) is 10.00 Å². The Balaban J connectivity index is 1.97. The van der Waals surface area contributed by atoms with Gasteiger partial charge in [0, 0.05) is 3.57 Å². The molecule has 0 aromatic heterocycles. The smallest absolute Gasteiger partial charge is 0.0751 e. The number of hydrogen-bond donors (Lipinski definition) is 0. The van der Waals surface area contributed by atoms with Gasteiger partial charge in [-0.3, -0.25) is 0 Å². The van der Waals surface area contributed by atoms with Gasteiger partial charge in [0.1, 0.15) is 0 Å². The third-order valence-corrected chi connectivity index (χ3v) is 7.14. The minimum absolute atomic E-state index is 0.455. The highest BCUT2D eigenvalue weighted by atomic mass is 127. The number of hydrogen-bond acceptors (Lipinski definition) is 2. The number of thioether (sulfide) groups is 2. The molecule has 0 radical (unpaired) electrons. The van der Waals surface area contributed by atoms with Gasteiger partial charge in [-0.1, -0.05) is 32.9 Å². The minimum Gasteiger partial charge on any atom is -0.142 e. The van der Waals surface area contributed by atoms with Crippen LogP contribution in [-0.2, 0) is 0 Å². The maximum atomic E-state index is 2.37. The van der Waals surface area contributed by atoms with Gasteiger partial charge < -0.3 is 0 Å². The van der Waals surface area contributed by atoms with E-state index >= 15 is 0 Å². The summed E-state index contributed by atoms with van der Waals surface area (Å²) in [5, 5.41) is 0. The second kappa shape index (κ2) is 5.74. The second-order valence-corrected chi connectivity index (χ2v) is 9.43. The SMILES string of the molecule is CC(C)(C)C1CSC(c2ccc(I)cc2)SC1. The van der Waals surface area contributed by atoms with Gasteiger partial charge >= 0.3 is 0 Å². The van der Waals surface area contributed by atoms with Crippen molar-refractivity contribution in [3.8, 4) is 0 Å². The van der Waals surface area contributed by atoms with E-state index < -0.39 is 0 Å². The van der Waals surface area contributed by atoms with Gasteiger partial charge in [-0.25, -0.2) is 0 Å². The van der Waals surface area contributed by atoms with Crippen molar-refractivity contribution in [2.24, 2.45) is 11.3 Å². The Hall–Kier alpha value is 0.650. The van der Waals surface area contributed by atoms with Crippen LogP contribution in [0.25, 0.3) is 0 Å². The van der Waals surface area contributed by atoms with Crippen LogP contribution < -0.4 is 0 Å². The highest BCUT2D eigenvalue weighted by molar-refractivity contribution is 14.1. The Morgan fingerprint density at radius 2 is 1.59 bits per heavy atom. The second-order valence-electron chi connectivity index (χ2n) is 5.61. The topological polar surface area (TPSA) is 0 Å². The normalized spacial score (nSPS) is 25.9. The van der Waals surface area contributed by atoms with Gasteiger partial charge in [0.2, 0.25) is 0 Å². The predicted octanol–water partition coefficient (Wildman–Crippen LogP) is 5.43. The summed E-state index contributed by atoms with van der Waals surface area (Å²) in [4.78, 5) is 0. The monoisotopic (exact) mass is 378 g/mol. The average molecular weight is 378 g/mol. The van der Waals surface area contributed by atoms with Crippen molar-refractivity contribution in [1.29, 1.82) is 0 Å². The van der Waals surface area contributed by atoms with E-state index in [1.807, 2.05) is 0 Å². The van der Waals surface area contributed by atoms with Crippen LogP contribution in [0.1, 0.15) is 30.9 Å². The van der Waals surface area contributed by atoms with Crippen molar-refractivity contribution in [3.63, 3.8) is 0 Å². The molecule has 1 heterocycles. The van der Waals surface area contributed by atoms with Gasteiger partial charge in [0.05, 0.1) is 4.58 Å². The summed E-state index contributed by atoms with van der Waals surface area (Å²) in [5.74, 6) is 3.44. The van der Waals surface area contributed by atoms with Crippen LogP contribution in [-0.4, -0.2) is 11.5 Å². The first-order valence-corrected chi connectivity index (χ1v) is 9.13. The minimum atomic E-state index is 0.455. The van der Waals surface area contributed by atoms with E-state index in [-0.39, 0.29) is 0 Å². The first-order chi connectivity index (χ1) is 7.97. The summed E-state index contributed by atoms with van der Waals surface area (Å²) in [5.41, 5.74) is 1.93. The molecule has 1 fully saturated rings. The standard InChI is InChI=1S/C14H19IS2/c1-14(2,3)11-8-16-13(17-9-11)10-4-6-12(15)7-5-10/h4-7,11,13H,8-9H2,1-3H3. The van der Waals surface area contributed by atoms with E-state index in [2.05, 4.69) is 91.2 Å². The van der Waals surface area contributed by atoms with E-state index in [1.165, 1.54) is 20.6 Å². The molecule has 1 aliphatic rings. The zero-order valence-corrected chi connectivity index (χ0v) is 14.4. The third-order valence-electron chi connectivity index (χ3n) is 3.26. The highest BCUT2D eigenvalue weighted by Crippen LogP contribution is 2.49. The maximum absolute atomic E-state index is 2.37. The van der Waals surface area contributed by atoms with Crippen molar-refractivity contribution in [2.75, 3.05) is 11.5 Å². The van der Waals surface area contributed by atoms with Gasteiger partial charge in [-0.2, -0.15) is 0 Å². The van der Waals surface area contributed by atoms with Crippen LogP contribution in [0.3, 0.4) is 0 Å². The molecule has 3 heteroatoms. The molecule has 0 spiro atoms. The lowest BCUT2D eigenvalue weighted by Crippen LogP contribution is -2.27. The average Bonchev–Trinajstić information content (AvgIpc) is 2.29. The van der Waals surface area contributed by atoms with E-state index in [4.69, 9.17) is 0 Å². The molecule has 2 rings (SSSR count). The molecule has 0 unspecified atom stereocenters. The van der Waals surface area contributed by atoms with E-state index in [1.54, 1.807) is 0 Å². The van der Waals surface area contributed by atoms with Crippen LogP contribution in [0.5, 0.6) is 0 Å². The molecular weight excluding hydrogens is 359 g/mol. The van der Waals surface area contributed by atoms with Crippen LogP contribution in [0.4, 0.5) is 0 Å². The summed E-state index contributed by atoms with van der Waals surface area (Å²) in [6.45, 7) is 7.10. The summed E-state index contributed by atoms with van der Waals surface area (Å²) in [7, 11) is 0. The molecule has 0 N–H and O–H groups in total. The van der Waals surface area contributed by atoms with Gasteiger partial charge in [0.25, 0.3) is 0 Å². The zero-order valence-electron chi connectivity index (χ0n) is 10.6. The Morgan fingerprint density at radius 1 is 1.06 bits per heavy atom. The van der Waals surface area contributed by atoms with Crippen LogP contribution in [0.2, 0.25) is 0 Å². The summed E-state index contributed by atoms with van der Waals surface area (Å²) in [6, 6.07) is 8.99. The van der Waals surface area contributed by atoms with E-state index in [0.717, 1.165) is 5.92 Å². The largest absolute Gasteiger partial charge is 0.142 e. The number of rotatable bonds is 1. The predicted molar refractivity (Wildman–Crippen MR) is 89.8 cm³/mol. The molecular formula is C14H19IS2. The molecule has 1 aromatic carbocycles. The first-order valence-electron chi connectivity index (χ1n) is 5.95. The molecule has 1 saturated heterocycles. The summed E-state index contributed by atoms with van der Waals surface area (Å²) >= 11 is 6.60. The van der Waals surface area contributed by atoms with E-state index in [9.17, 15) is 0 Å². The Labute approximate surface area is 127 Å². The lowest BCUT2D eigenvalue weighted by Gasteiger charge is -2.36. The van der Waals surface area contributed by atoms with Crippen molar-refractivity contribution in [3.05, 3.63) is 33.4 Å². The highest BCUT2D eigenvalue weighted by Gasteiger charge is 2.30. The molecule has 94 valence electrons. The molecule has 1 aliphatic heterocycles. The van der Waals surface area contributed by atoms with Crippen molar-refractivity contribution >= 4 is 46.1 Å². The lowest BCUT2D eigenvalue weighted by atomic mass is 9.83. The molecule has 0 amide bonds. The fourth-order valence-corrected chi connectivity index (χ4v) is 5.93. The van der Waals surface area contributed by atoms with Crippen LogP contribution in [0, 0.1) is 14.9 Å². The number of halogens is 1. The molecule has 0 bridgehead atoms. The Kier molecular flexibility index (Phi) is 4.75. The summed E-state index contributed by atoms with van der Waals surface area (Å²) < 4.78 is 1.97. The molecule has 0 atom stereocenters. The molecule has 0 saturated carbocycles. The Morgan fingerprint density at radius 3 is 2.06 bits per heavy atom. The maximum Gasteiger partial charge on any atom is 0.0751 e. The fraction of sp³-hybridized carbons (Fsp3) is 0.571. The van der Waals surface area contributed by atoms with Gasteiger partial charge in [-0.15, -0.1) is 23.5 Å². The Bertz CT molecular complexity index is 359. The van der Waals surface area contributed by atoms with Gasteiger partial charge in [-0.05, 0) is 63.1 Å². The van der Waals surface area contributed by atoms with Crippen molar-refractivity contribution in [2.45, 2.75) is 25.4 Å². The quantitative estimate of drug-likeness (QED) is 0.598. The van der Waals surface area contributed by atoms with Crippen molar-refractivity contribution in [1.82, 2.24) is 0 Å². The summed E-state index contributed by atoms with van der Waals surface area (Å²) in [6.07, 6.45) is 0. The molecule has 17 heavy (non-hydrogen) atoms. The zero-order chi connectivity index (χ0) is 12.5. The third kappa shape index (κ3) is 3.80. The van der Waals surface area contributed by atoms with Crippen LogP contribution in [0.15, 0.2) is 24.3 Å². The molecule has 0 aliphatic carbocycles. The van der Waals surface area contributed by atoms with Crippen molar-refractivity contribution < 1.29 is 0 Å². The fourth-order valence-electron chi connectivity index (χ4n) is 1.82. The lowest BCUT2D eigenvalue weighted by molar-refractivity contribution is 0.292. The molecule has 0 nitrogen and oxygen atoms in total. The molecule has 1 aromatic rings. The first kappa shape index (κ1) is 14.1. The van der Waals surface area contributed by atoms with Gasteiger partial charge in [0.15, 0.2) is 0 Å². The van der Waals surface area contributed by atoms with Crippen LogP contribution >= 0.6 is 46.1 Å².